The third kappa shape index (κ3) is 6.42. The topological polar surface area (TPSA) is 70.6 Å². The first-order valence-corrected chi connectivity index (χ1v) is 9.40. The molecule has 0 heterocycles. The van der Waals surface area contributed by atoms with E-state index in [2.05, 4.69) is 15.8 Å². The maximum atomic E-state index is 12.6. The molecule has 0 fully saturated rings. The van der Waals surface area contributed by atoms with E-state index in [0.29, 0.717) is 5.56 Å². The van der Waals surface area contributed by atoms with Gasteiger partial charge in [0, 0.05) is 11.8 Å². The van der Waals surface area contributed by atoms with Crippen molar-refractivity contribution in [2.24, 2.45) is 5.10 Å². The number of nitrogens with zero attached hydrogens (tertiary/aromatic N) is 1. The van der Waals surface area contributed by atoms with E-state index in [0.717, 1.165) is 11.1 Å². The molecule has 0 atom stereocenters. The van der Waals surface area contributed by atoms with Crippen LogP contribution in [0.4, 0.5) is 0 Å². The van der Waals surface area contributed by atoms with Crippen LogP contribution < -0.4 is 10.7 Å². The van der Waals surface area contributed by atoms with Crippen LogP contribution in [0.15, 0.2) is 108 Å². The highest BCUT2D eigenvalue weighted by molar-refractivity contribution is 6.05. The van der Waals surface area contributed by atoms with E-state index >= 15 is 0 Å². The van der Waals surface area contributed by atoms with Crippen molar-refractivity contribution in [2.75, 3.05) is 0 Å². The predicted octanol–water partition coefficient (Wildman–Crippen LogP) is 4.27. The average Bonchev–Trinajstić information content (AvgIpc) is 2.80. The summed E-state index contributed by atoms with van der Waals surface area (Å²) in [5, 5.41) is 6.59. The number of allylic oxidation sites excluding steroid dienone is 1. The first-order chi connectivity index (χ1) is 14.7. The number of nitrogens with one attached hydrogen (secondary N) is 2. The molecule has 3 aromatic carbocycles. The quantitative estimate of drug-likeness (QED) is 0.356. The molecule has 30 heavy (non-hydrogen) atoms. The highest BCUT2D eigenvalue weighted by Gasteiger charge is 2.14. The predicted molar refractivity (Wildman–Crippen MR) is 120 cm³/mol. The zero-order valence-corrected chi connectivity index (χ0v) is 16.2. The smallest absolute Gasteiger partial charge is 0.287 e. The Morgan fingerprint density at radius 1 is 0.733 bits per heavy atom. The Hall–Kier alpha value is -4.25. The van der Waals surface area contributed by atoms with Crippen LogP contribution >= 0.6 is 0 Å². The maximum absolute atomic E-state index is 12.6. The third-order valence-electron chi connectivity index (χ3n) is 4.05. The summed E-state index contributed by atoms with van der Waals surface area (Å²) in [4.78, 5) is 25.1. The molecular weight excluding hydrogens is 374 g/mol. The van der Waals surface area contributed by atoms with E-state index in [-0.39, 0.29) is 11.6 Å². The lowest BCUT2D eigenvalue weighted by molar-refractivity contribution is -0.117. The fourth-order valence-electron chi connectivity index (χ4n) is 2.58. The van der Waals surface area contributed by atoms with Crippen LogP contribution in [0.3, 0.4) is 0 Å². The van der Waals surface area contributed by atoms with Crippen LogP contribution in [0, 0.1) is 0 Å². The first kappa shape index (κ1) is 20.5. The van der Waals surface area contributed by atoms with E-state index in [1.54, 1.807) is 36.4 Å². The zero-order chi connectivity index (χ0) is 21.0. The molecule has 3 rings (SSSR count). The van der Waals surface area contributed by atoms with Gasteiger partial charge in [0.2, 0.25) is 0 Å². The summed E-state index contributed by atoms with van der Waals surface area (Å²) < 4.78 is 0. The fraction of sp³-hybridized carbons (Fsp3) is 0. The second-order valence-electron chi connectivity index (χ2n) is 6.28. The molecule has 0 saturated heterocycles. The van der Waals surface area contributed by atoms with Crippen LogP contribution in [-0.4, -0.2) is 18.0 Å². The summed E-state index contributed by atoms with van der Waals surface area (Å²) in [5.41, 5.74) is 4.80. The normalized spacial score (nSPS) is 11.5. The number of hydrogen-bond donors (Lipinski definition) is 2. The molecule has 0 bridgehead atoms. The molecule has 2 N–H and O–H groups in total. The van der Waals surface area contributed by atoms with Crippen molar-refractivity contribution in [2.45, 2.75) is 0 Å². The van der Waals surface area contributed by atoms with Gasteiger partial charge in [0.05, 0.1) is 0 Å². The molecule has 148 valence electrons. The maximum Gasteiger partial charge on any atom is 0.287 e. The van der Waals surface area contributed by atoms with Gasteiger partial charge in [0.1, 0.15) is 5.70 Å². The molecular formula is C25H21N3O2. The number of carbonyl (C=O) groups is 2. The highest BCUT2D eigenvalue weighted by Crippen LogP contribution is 2.07. The van der Waals surface area contributed by atoms with Gasteiger partial charge in [-0.3, -0.25) is 9.59 Å². The van der Waals surface area contributed by atoms with Gasteiger partial charge >= 0.3 is 0 Å². The standard InChI is InChI=1S/C25H21N3O2/c29-24(22-16-8-3-9-17-22)27-23(19-21-13-6-2-7-14-21)25(30)28-26-18-10-15-20-11-4-1-5-12-20/h1-19H,(H,27,29)(H,28,30)/b15-10+,23-19-,26-18+. The zero-order valence-electron chi connectivity index (χ0n) is 16.2. The number of benzene rings is 3. The van der Waals surface area contributed by atoms with Gasteiger partial charge in [0.25, 0.3) is 11.8 Å². The monoisotopic (exact) mass is 395 g/mol. The van der Waals surface area contributed by atoms with E-state index in [4.69, 9.17) is 0 Å². The van der Waals surface area contributed by atoms with Gasteiger partial charge in [0.15, 0.2) is 0 Å². The van der Waals surface area contributed by atoms with Gasteiger partial charge in [-0.2, -0.15) is 5.10 Å². The van der Waals surface area contributed by atoms with Gasteiger partial charge in [-0.05, 0) is 35.4 Å². The van der Waals surface area contributed by atoms with Gasteiger partial charge in [-0.1, -0.05) is 84.9 Å². The second kappa shape index (κ2) is 10.9. The minimum Gasteiger partial charge on any atom is -0.317 e. The summed E-state index contributed by atoms with van der Waals surface area (Å²) in [5.74, 6) is -0.895. The SMILES string of the molecule is O=C(N/N=C/C=C/c1ccccc1)/C(=C/c1ccccc1)NC(=O)c1ccccc1. The van der Waals surface area contributed by atoms with E-state index < -0.39 is 5.91 Å². The third-order valence-corrected chi connectivity index (χ3v) is 4.05. The molecule has 0 aliphatic rings. The molecule has 0 aliphatic heterocycles. The fourth-order valence-corrected chi connectivity index (χ4v) is 2.58. The number of amides is 2. The van der Waals surface area contributed by atoms with Crippen molar-refractivity contribution < 1.29 is 9.59 Å². The van der Waals surface area contributed by atoms with Crippen LogP contribution in [0.2, 0.25) is 0 Å². The molecule has 0 spiro atoms. The molecule has 2 amide bonds. The number of rotatable bonds is 7. The van der Waals surface area contributed by atoms with Crippen molar-refractivity contribution in [1.82, 2.24) is 10.7 Å². The van der Waals surface area contributed by atoms with Crippen LogP contribution in [0.25, 0.3) is 12.2 Å². The molecule has 5 heteroatoms. The largest absolute Gasteiger partial charge is 0.317 e. The van der Waals surface area contributed by atoms with Crippen molar-refractivity contribution in [1.29, 1.82) is 0 Å². The summed E-state index contributed by atoms with van der Waals surface area (Å²) in [7, 11) is 0. The minimum atomic E-state index is -0.521. The van der Waals surface area contributed by atoms with Crippen molar-refractivity contribution in [3.63, 3.8) is 0 Å². The second-order valence-corrected chi connectivity index (χ2v) is 6.28. The van der Waals surface area contributed by atoms with Crippen LogP contribution in [-0.2, 0) is 4.79 Å². The minimum absolute atomic E-state index is 0.0965. The molecule has 0 aliphatic carbocycles. The molecule has 3 aromatic rings. The summed E-state index contributed by atoms with van der Waals surface area (Å²) >= 11 is 0. The Morgan fingerprint density at radius 3 is 1.93 bits per heavy atom. The summed E-state index contributed by atoms with van der Waals surface area (Å²) in [6, 6.07) is 27.7. The van der Waals surface area contributed by atoms with Crippen LogP contribution in [0.5, 0.6) is 0 Å². The summed E-state index contributed by atoms with van der Waals surface area (Å²) in [6.45, 7) is 0. The van der Waals surface area contributed by atoms with Crippen molar-refractivity contribution in [3.05, 3.63) is 119 Å². The van der Waals surface area contributed by atoms with Gasteiger partial charge in [-0.25, -0.2) is 5.43 Å². The lowest BCUT2D eigenvalue weighted by Crippen LogP contribution is -2.32. The van der Waals surface area contributed by atoms with E-state index in [1.807, 2.05) is 72.8 Å². The highest BCUT2D eigenvalue weighted by atomic mass is 16.2. The molecule has 0 radical (unpaired) electrons. The van der Waals surface area contributed by atoms with Gasteiger partial charge in [-0.15, -0.1) is 0 Å². The Labute approximate surface area is 175 Å². The molecule has 0 unspecified atom stereocenters. The van der Waals surface area contributed by atoms with Crippen molar-refractivity contribution in [3.8, 4) is 0 Å². The molecule has 0 saturated carbocycles. The average molecular weight is 395 g/mol. The van der Waals surface area contributed by atoms with E-state index in [1.165, 1.54) is 6.21 Å². The lowest BCUT2D eigenvalue weighted by atomic mass is 10.1. The number of carbonyl (C=O) groups excluding carboxylic acids is 2. The van der Waals surface area contributed by atoms with Crippen molar-refractivity contribution >= 4 is 30.2 Å². The van der Waals surface area contributed by atoms with E-state index in [9.17, 15) is 9.59 Å². The first-order valence-electron chi connectivity index (χ1n) is 9.40. The number of hydrazone groups is 1. The van der Waals surface area contributed by atoms with Crippen LogP contribution in [0.1, 0.15) is 21.5 Å². The number of hydrogen-bond acceptors (Lipinski definition) is 3. The lowest BCUT2D eigenvalue weighted by Gasteiger charge is -2.09. The summed E-state index contributed by atoms with van der Waals surface area (Å²) in [6.07, 6.45) is 6.67. The Morgan fingerprint density at radius 2 is 1.30 bits per heavy atom. The molecule has 5 nitrogen and oxygen atoms in total. The van der Waals surface area contributed by atoms with Gasteiger partial charge < -0.3 is 5.32 Å². The Balaban J connectivity index is 1.70. The molecule has 0 aromatic heterocycles. The Bertz CT molecular complexity index is 1060. The Kier molecular flexibility index (Phi) is 7.46.